The summed E-state index contributed by atoms with van der Waals surface area (Å²) in [6.07, 6.45) is 7.02. The molecule has 0 aliphatic rings. The van der Waals surface area contributed by atoms with E-state index < -0.39 is 0 Å². The van der Waals surface area contributed by atoms with E-state index in [0.717, 1.165) is 17.7 Å². The highest BCUT2D eigenvalue weighted by atomic mass is 16.3. The van der Waals surface area contributed by atoms with E-state index in [0.29, 0.717) is 0 Å². The summed E-state index contributed by atoms with van der Waals surface area (Å²) in [7, 11) is 0. The van der Waals surface area contributed by atoms with Crippen LogP contribution in [-0.2, 0) is 0 Å². The third-order valence-corrected chi connectivity index (χ3v) is 1.30. The Labute approximate surface area is 61.4 Å². The van der Waals surface area contributed by atoms with Crippen molar-refractivity contribution in [2.24, 2.45) is 0 Å². The van der Waals surface area contributed by atoms with E-state index in [9.17, 15) is 0 Å². The molecule has 10 heavy (non-hydrogen) atoms. The van der Waals surface area contributed by atoms with Gasteiger partial charge in [-0.2, -0.15) is 0 Å². The maximum Gasteiger partial charge on any atom is 0.101 e. The molecule has 0 unspecified atom stereocenters. The zero-order valence-electron chi connectivity index (χ0n) is 6.42. The molecule has 0 amide bonds. The molecule has 1 heterocycles. The third kappa shape index (κ3) is 1.76. The Balaban J connectivity index is 2.67. The van der Waals surface area contributed by atoms with Gasteiger partial charge in [-0.05, 0) is 19.4 Å². The molecule has 0 aliphatic carbocycles. The Morgan fingerprint density at radius 1 is 1.60 bits per heavy atom. The van der Waals surface area contributed by atoms with Gasteiger partial charge >= 0.3 is 0 Å². The second kappa shape index (κ2) is 3.25. The lowest BCUT2D eigenvalue weighted by atomic mass is 10.3. The minimum Gasteiger partial charge on any atom is -0.469 e. The minimum absolute atomic E-state index is 0.968. The van der Waals surface area contributed by atoms with Crippen LogP contribution in [0.5, 0.6) is 0 Å². The first-order valence-corrected chi connectivity index (χ1v) is 3.54. The van der Waals surface area contributed by atoms with Crippen LogP contribution >= 0.6 is 0 Å². The summed E-state index contributed by atoms with van der Waals surface area (Å²) in [5, 5.41) is 0. The van der Waals surface area contributed by atoms with Crippen LogP contribution in [0.25, 0.3) is 6.08 Å². The van der Waals surface area contributed by atoms with Gasteiger partial charge in [0.2, 0.25) is 0 Å². The smallest absolute Gasteiger partial charge is 0.101 e. The minimum atomic E-state index is 0.968. The number of allylic oxidation sites excluding steroid dienone is 1. The first-order chi connectivity index (χ1) is 4.83. The molecule has 0 aliphatic heterocycles. The van der Waals surface area contributed by atoms with Gasteiger partial charge in [-0.25, -0.2) is 0 Å². The van der Waals surface area contributed by atoms with Crippen LogP contribution in [-0.4, -0.2) is 0 Å². The molecule has 0 bridgehead atoms. The maximum absolute atomic E-state index is 5.11. The fourth-order valence-corrected chi connectivity index (χ4v) is 0.805. The Morgan fingerprint density at radius 3 is 2.90 bits per heavy atom. The largest absolute Gasteiger partial charge is 0.469 e. The second-order valence-corrected chi connectivity index (χ2v) is 2.30. The molecule has 1 aromatic heterocycles. The van der Waals surface area contributed by atoms with Crippen molar-refractivity contribution in [1.82, 2.24) is 0 Å². The molecule has 0 radical (unpaired) electrons. The quantitative estimate of drug-likeness (QED) is 0.609. The molecule has 1 rings (SSSR count). The summed E-state index contributed by atoms with van der Waals surface area (Å²) >= 11 is 0. The fraction of sp³-hybridized carbons (Fsp3) is 0.333. The van der Waals surface area contributed by atoms with E-state index in [2.05, 4.69) is 19.1 Å². The van der Waals surface area contributed by atoms with Gasteiger partial charge in [-0.1, -0.05) is 19.1 Å². The Hall–Kier alpha value is -0.980. The van der Waals surface area contributed by atoms with Gasteiger partial charge in [0.15, 0.2) is 0 Å². The maximum atomic E-state index is 5.11. The van der Waals surface area contributed by atoms with Crippen molar-refractivity contribution in [1.29, 1.82) is 0 Å². The van der Waals surface area contributed by atoms with Gasteiger partial charge in [-0.15, -0.1) is 0 Å². The zero-order chi connectivity index (χ0) is 7.40. The normalized spacial score (nSPS) is 11.0. The van der Waals surface area contributed by atoms with E-state index in [4.69, 9.17) is 4.42 Å². The average molecular weight is 136 g/mol. The summed E-state index contributed by atoms with van der Waals surface area (Å²) < 4.78 is 5.11. The summed E-state index contributed by atoms with van der Waals surface area (Å²) in [5.41, 5.74) is 1.15. The molecule has 0 saturated heterocycles. The van der Waals surface area contributed by atoms with Crippen molar-refractivity contribution in [2.75, 3.05) is 0 Å². The molecule has 0 aromatic carbocycles. The van der Waals surface area contributed by atoms with Crippen LogP contribution in [0.15, 0.2) is 22.8 Å². The third-order valence-electron chi connectivity index (χ3n) is 1.30. The van der Waals surface area contributed by atoms with Crippen molar-refractivity contribution >= 4 is 6.08 Å². The monoisotopic (exact) mass is 136 g/mol. The molecule has 1 heteroatoms. The molecule has 1 nitrogen and oxygen atoms in total. The fourth-order valence-electron chi connectivity index (χ4n) is 0.805. The summed E-state index contributed by atoms with van der Waals surface area (Å²) in [6.45, 7) is 4.06. The lowest BCUT2D eigenvalue weighted by Crippen LogP contribution is -1.59. The standard InChI is InChI=1S/C9H12O/c1-3-4-5-9-6-8(2)10-7-9/h4-7H,3H2,1-2H3/b5-4+. The summed E-state index contributed by atoms with van der Waals surface area (Å²) in [4.78, 5) is 0. The SMILES string of the molecule is CC/C=C/c1coc(C)c1. The van der Waals surface area contributed by atoms with Crippen molar-refractivity contribution in [3.63, 3.8) is 0 Å². The van der Waals surface area contributed by atoms with Gasteiger partial charge in [0, 0.05) is 5.56 Å². The van der Waals surface area contributed by atoms with Crippen molar-refractivity contribution in [3.8, 4) is 0 Å². The molecule has 0 N–H and O–H groups in total. The van der Waals surface area contributed by atoms with Crippen molar-refractivity contribution in [3.05, 3.63) is 29.7 Å². The van der Waals surface area contributed by atoms with Crippen LogP contribution in [0.1, 0.15) is 24.7 Å². The molecule has 54 valence electrons. The number of rotatable bonds is 2. The predicted molar refractivity (Wildman–Crippen MR) is 42.8 cm³/mol. The van der Waals surface area contributed by atoms with Gasteiger partial charge in [0.05, 0.1) is 6.26 Å². The number of hydrogen-bond donors (Lipinski definition) is 0. The predicted octanol–water partition coefficient (Wildman–Crippen LogP) is 3.01. The topological polar surface area (TPSA) is 13.1 Å². The molecule has 0 saturated carbocycles. The van der Waals surface area contributed by atoms with E-state index in [1.54, 1.807) is 6.26 Å². The lowest BCUT2D eigenvalue weighted by molar-refractivity contribution is 0.534. The van der Waals surface area contributed by atoms with E-state index in [1.165, 1.54) is 0 Å². The van der Waals surface area contributed by atoms with Crippen LogP contribution in [0, 0.1) is 6.92 Å². The van der Waals surface area contributed by atoms with Gasteiger partial charge in [0.25, 0.3) is 0 Å². The highest BCUT2D eigenvalue weighted by molar-refractivity contribution is 5.47. The zero-order valence-corrected chi connectivity index (χ0v) is 6.42. The van der Waals surface area contributed by atoms with Crippen molar-refractivity contribution < 1.29 is 4.42 Å². The van der Waals surface area contributed by atoms with Crippen LogP contribution in [0.2, 0.25) is 0 Å². The highest BCUT2D eigenvalue weighted by Crippen LogP contribution is 2.07. The van der Waals surface area contributed by atoms with Gasteiger partial charge in [-0.3, -0.25) is 0 Å². The second-order valence-electron chi connectivity index (χ2n) is 2.30. The first-order valence-electron chi connectivity index (χ1n) is 3.54. The Bertz CT molecular complexity index is 220. The molecular formula is C9H12O. The molecule has 0 atom stereocenters. The summed E-state index contributed by atoms with van der Waals surface area (Å²) in [6, 6.07) is 2.02. The van der Waals surface area contributed by atoms with E-state index in [-0.39, 0.29) is 0 Å². The number of furan rings is 1. The van der Waals surface area contributed by atoms with Crippen LogP contribution in [0.4, 0.5) is 0 Å². The Kier molecular flexibility index (Phi) is 2.32. The van der Waals surface area contributed by atoms with Crippen molar-refractivity contribution in [2.45, 2.75) is 20.3 Å². The molecular weight excluding hydrogens is 124 g/mol. The van der Waals surface area contributed by atoms with Gasteiger partial charge in [0.1, 0.15) is 5.76 Å². The van der Waals surface area contributed by atoms with Crippen LogP contribution in [0.3, 0.4) is 0 Å². The lowest BCUT2D eigenvalue weighted by Gasteiger charge is -1.77. The van der Waals surface area contributed by atoms with Crippen LogP contribution < -0.4 is 0 Å². The molecule has 1 aromatic rings. The molecule has 0 spiro atoms. The van der Waals surface area contributed by atoms with Gasteiger partial charge < -0.3 is 4.42 Å². The van der Waals surface area contributed by atoms with E-state index in [1.807, 2.05) is 13.0 Å². The average Bonchev–Trinajstić information content (AvgIpc) is 2.31. The highest BCUT2D eigenvalue weighted by Gasteiger charge is 1.89. The first kappa shape index (κ1) is 7.13. The number of hydrogen-bond acceptors (Lipinski definition) is 1. The van der Waals surface area contributed by atoms with E-state index >= 15 is 0 Å². The summed E-state index contributed by atoms with van der Waals surface area (Å²) in [5.74, 6) is 0.968. The Morgan fingerprint density at radius 2 is 2.40 bits per heavy atom. The molecule has 0 fully saturated rings. The number of aryl methyl sites for hydroxylation is 1.